The van der Waals surface area contributed by atoms with E-state index in [0.29, 0.717) is 15.6 Å². The second-order valence-electron chi connectivity index (χ2n) is 5.70. The minimum atomic E-state index is -0.878. The van der Waals surface area contributed by atoms with Crippen LogP contribution in [0.15, 0.2) is 23.0 Å². The topological polar surface area (TPSA) is 81.4 Å². The first-order chi connectivity index (χ1) is 11.8. The molecule has 0 aliphatic rings. The van der Waals surface area contributed by atoms with E-state index in [9.17, 15) is 14.7 Å². The van der Waals surface area contributed by atoms with Crippen LogP contribution < -0.4 is 5.56 Å². The van der Waals surface area contributed by atoms with Crippen LogP contribution in [0.4, 0.5) is 0 Å². The molecule has 0 aliphatic carbocycles. The lowest BCUT2D eigenvalue weighted by molar-refractivity contribution is 0.0519. The van der Waals surface area contributed by atoms with Gasteiger partial charge in [0.2, 0.25) is 0 Å². The molecule has 0 unspecified atom stereocenters. The van der Waals surface area contributed by atoms with Crippen LogP contribution in [-0.4, -0.2) is 27.5 Å². The largest absolute Gasteiger partial charge is 0.505 e. The number of halogens is 2. The van der Waals surface area contributed by atoms with Gasteiger partial charge in [-0.3, -0.25) is 4.79 Å². The molecular formula is C17H18Cl2N2O4. The van der Waals surface area contributed by atoms with Crippen molar-refractivity contribution in [1.82, 2.24) is 9.78 Å². The van der Waals surface area contributed by atoms with Gasteiger partial charge < -0.3 is 9.84 Å². The summed E-state index contributed by atoms with van der Waals surface area (Å²) in [6.45, 7) is 5.37. The summed E-state index contributed by atoms with van der Waals surface area (Å²) >= 11 is 11.9. The standard InChI is InChI=1S/C17H18Cl2N2O4/c1-4-25-17(24)13-15(22)14(9(2)3)20-21(16(13)23)8-10-5-6-11(18)12(19)7-10/h5-7,9,22H,4,8H2,1-3H3. The number of nitrogens with zero attached hydrogens (tertiary/aromatic N) is 2. The van der Waals surface area contributed by atoms with Crippen LogP contribution in [0.1, 0.15) is 48.3 Å². The van der Waals surface area contributed by atoms with Crippen molar-refractivity contribution >= 4 is 29.2 Å². The van der Waals surface area contributed by atoms with Gasteiger partial charge in [0.05, 0.1) is 23.2 Å². The van der Waals surface area contributed by atoms with Crippen LogP contribution in [0, 0.1) is 0 Å². The summed E-state index contributed by atoms with van der Waals surface area (Å²) in [4.78, 5) is 24.7. The molecule has 0 spiro atoms. The molecule has 0 radical (unpaired) electrons. The van der Waals surface area contributed by atoms with Gasteiger partial charge in [0.15, 0.2) is 11.3 Å². The Morgan fingerprint density at radius 2 is 2.00 bits per heavy atom. The van der Waals surface area contributed by atoms with Crippen molar-refractivity contribution in [2.24, 2.45) is 0 Å². The molecule has 0 aliphatic heterocycles. The van der Waals surface area contributed by atoms with Gasteiger partial charge in [-0.05, 0) is 24.6 Å². The number of carbonyl (C=O) groups is 1. The Kier molecular flexibility index (Phi) is 6.08. The fourth-order valence-electron chi connectivity index (χ4n) is 2.28. The third-order valence-electron chi connectivity index (χ3n) is 3.50. The van der Waals surface area contributed by atoms with E-state index >= 15 is 0 Å². The number of hydrogen-bond acceptors (Lipinski definition) is 5. The maximum absolute atomic E-state index is 12.6. The maximum atomic E-state index is 12.6. The Morgan fingerprint density at radius 1 is 1.32 bits per heavy atom. The number of ether oxygens (including phenoxy) is 1. The molecule has 0 amide bonds. The van der Waals surface area contributed by atoms with Gasteiger partial charge in [0, 0.05) is 5.92 Å². The van der Waals surface area contributed by atoms with E-state index in [-0.39, 0.29) is 24.8 Å². The summed E-state index contributed by atoms with van der Waals surface area (Å²) in [6.07, 6.45) is 0. The summed E-state index contributed by atoms with van der Waals surface area (Å²) in [5.41, 5.74) is -0.228. The molecular weight excluding hydrogens is 367 g/mol. The average Bonchev–Trinajstić information content (AvgIpc) is 2.53. The fraction of sp³-hybridized carbons (Fsp3) is 0.353. The lowest BCUT2D eigenvalue weighted by Gasteiger charge is -2.14. The Balaban J connectivity index is 2.58. The van der Waals surface area contributed by atoms with Crippen LogP contribution in [-0.2, 0) is 11.3 Å². The van der Waals surface area contributed by atoms with Gasteiger partial charge in [0.1, 0.15) is 5.69 Å². The summed E-state index contributed by atoms with van der Waals surface area (Å²) < 4.78 is 6.00. The molecule has 6 nitrogen and oxygen atoms in total. The number of aromatic hydroxyl groups is 1. The number of rotatable bonds is 5. The summed E-state index contributed by atoms with van der Waals surface area (Å²) in [5, 5.41) is 15.2. The SMILES string of the molecule is CCOC(=O)c1c(O)c(C(C)C)nn(Cc2ccc(Cl)c(Cl)c2)c1=O. The number of esters is 1. The smallest absolute Gasteiger partial charge is 0.347 e. The molecule has 2 rings (SSSR count). The molecule has 134 valence electrons. The van der Waals surface area contributed by atoms with Crippen LogP contribution in [0.2, 0.25) is 10.0 Å². The highest BCUT2D eigenvalue weighted by Crippen LogP contribution is 2.26. The van der Waals surface area contributed by atoms with E-state index in [1.54, 1.807) is 39.0 Å². The number of carbonyl (C=O) groups excluding carboxylic acids is 1. The van der Waals surface area contributed by atoms with Crippen LogP contribution >= 0.6 is 23.2 Å². The van der Waals surface area contributed by atoms with Crippen molar-refractivity contribution in [3.63, 3.8) is 0 Å². The highest BCUT2D eigenvalue weighted by molar-refractivity contribution is 6.42. The Hall–Kier alpha value is -2.05. The van der Waals surface area contributed by atoms with E-state index in [1.165, 1.54) is 0 Å². The predicted molar refractivity (Wildman–Crippen MR) is 95.8 cm³/mol. The maximum Gasteiger partial charge on any atom is 0.347 e. The van der Waals surface area contributed by atoms with Gasteiger partial charge in [0.25, 0.3) is 5.56 Å². The molecule has 0 atom stereocenters. The highest BCUT2D eigenvalue weighted by Gasteiger charge is 2.25. The van der Waals surface area contributed by atoms with Gasteiger partial charge in [-0.25, -0.2) is 9.48 Å². The first-order valence-electron chi connectivity index (χ1n) is 7.71. The number of benzene rings is 1. The molecule has 25 heavy (non-hydrogen) atoms. The quantitative estimate of drug-likeness (QED) is 0.796. The zero-order chi connectivity index (χ0) is 18.7. The fourth-order valence-corrected chi connectivity index (χ4v) is 2.60. The summed E-state index contributed by atoms with van der Waals surface area (Å²) in [7, 11) is 0. The van der Waals surface area contributed by atoms with E-state index in [1.807, 2.05) is 0 Å². The summed E-state index contributed by atoms with van der Waals surface area (Å²) in [6, 6.07) is 4.93. The van der Waals surface area contributed by atoms with E-state index in [4.69, 9.17) is 27.9 Å². The van der Waals surface area contributed by atoms with Crippen molar-refractivity contribution in [1.29, 1.82) is 0 Å². The van der Waals surface area contributed by atoms with E-state index < -0.39 is 22.8 Å². The van der Waals surface area contributed by atoms with E-state index in [0.717, 1.165) is 4.68 Å². The zero-order valence-corrected chi connectivity index (χ0v) is 15.6. The zero-order valence-electron chi connectivity index (χ0n) is 14.0. The Morgan fingerprint density at radius 3 is 2.56 bits per heavy atom. The summed E-state index contributed by atoms with van der Waals surface area (Å²) in [5.74, 6) is -1.52. The Labute approximate surface area is 154 Å². The number of hydrogen-bond donors (Lipinski definition) is 1. The molecule has 0 bridgehead atoms. The number of aromatic nitrogens is 2. The molecule has 0 saturated carbocycles. The van der Waals surface area contributed by atoms with Crippen LogP contribution in [0.5, 0.6) is 5.75 Å². The molecule has 1 aromatic carbocycles. The van der Waals surface area contributed by atoms with E-state index in [2.05, 4.69) is 5.10 Å². The van der Waals surface area contributed by atoms with Crippen molar-refractivity contribution in [3.05, 3.63) is 55.4 Å². The second kappa shape index (κ2) is 7.89. The molecule has 1 aromatic heterocycles. The third-order valence-corrected chi connectivity index (χ3v) is 4.24. The Bertz CT molecular complexity index is 862. The van der Waals surface area contributed by atoms with Crippen LogP contribution in [0.25, 0.3) is 0 Å². The van der Waals surface area contributed by atoms with Crippen molar-refractivity contribution in [2.75, 3.05) is 6.61 Å². The van der Waals surface area contributed by atoms with Crippen molar-refractivity contribution in [3.8, 4) is 5.75 Å². The second-order valence-corrected chi connectivity index (χ2v) is 6.51. The van der Waals surface area contributed by atoms with Crippen molar-refractivity contribution < 1.29 is 14.6 Å². The first kappa shape index (κ1) is 19.3. The van der Waals surface area contributed by atoms with Crippen LogP contribution in [0.3, 0.4) is 0 Å². The molecule has 0 saturated heterocycles. The molecule has 1 heterocycles. The van der Waals surface area contributed by atoms with Gasteiger partial charge in [-0.15, -0.1) is 0 Å². The van der Waals surface area contributed by atoms with Gasteiger partial charge >= 0.3 is 5.97 Å². The normalized spacial score (nSPS) is 11.0. The third kappa shape index (κ3) is 4.14. The predicted octanol–water partition coefficient (Wildman–Crippen LogP) is 3.60. The minimum absolute atomic E-state index is 0.0716. The van der Waals surface area contributed by atoms with Crippen molar-refractivity contribution in [2.45, 2.75) is 33.2 Å². The van der Waals surface area contributed by atoms with Gasteiger partial charge in [-0.1, -0.05) is 43.1 Å². The average molecular weight is 385 g/mol. The molecule has 0 fully saturated rings. The first-order valence-corrected chi connectivity index (χ1v) is 8.46. The molecule has 1 N–H and O–H groups in total. The lowest BCUT2D eigenvalue weighted by Crippen LogP contribution is -2.31. The molecule has 8 heteroatoms. The lowest BCUT2D eigenvalue weighted by atomic mass is 10.1. The molecule has 2 aromatic rings. The highest BCUT2D eigenvalue weighted by atomic mass is 35.5. The monoisotopic (exact) mass is 384 g/mol. The minimum Gasteiger partial charge on any atom is -0.505 e. The van der Waals surface area contributed by atoms with Gasteiger partial charge in [-0.2, -0.15) is 5.10 Å².